The third-order valence-corrected chi connectivity index (χ3v) is 4.53. The number of methoxy groups -OCH3 is 1. The number of nitrogens with two attached hydrogens (primary N) is 1. The lowest BCUT2D eigenvalue weighted by molar-refractivity contribution is -0.146. The number of carbonyl (C=O) groups is 3. The molecule has 0 radical (unpaired) electrons. The minimum Gasteiger partial charge on any atom is -0.467 e. The highest BCUT2D eigenvalue weighted by Gasteiger charge is 2.23. The number of esters is 2. The number of benzene rings is 2. The molecule has 8 heteroatoms. The third kappa shape index (κ3) is 8.88. The van der Waals surface area contributed by atoms with Crippen molar-refractivity contribution in [2.24, 2.45) is 5.73 Å². The molecule has 0 aliphatic heterocycles. The van der Waals surface area contributed by atoms with Gasteiger partial charge in [-0.15, -0.1) is 0 Å². The molecule has 0 aliphatic rings. The molecule has 1 unspecified atom stereocenters. The molecule has 166 valence electrons. The molecule has 0 aliphatic carbocycles. The molecule has 0 aromatic heterocycles. The van der Waals surface area contributed by atoms with Crippen molar-refractivity contribution in [1.82, 2.24) is 5.32 Å². The van der Waals surface area contributed by atoms with E-state index in [0.29, 0.717) is 12.8 Å². The van der Waals surface area contributed by atoms with E-state index in [9.17, 15) is 14.4 Å². The Morgan fingerprint density at radius 3 is 1.94 bits per heavy atom. The van der Waals surface area contributed by atoms with Gasteiger partial charge in [0.25, 0.3) is 0 Å². The minimum absolute atomic E-state index is 0.0820. The molecule has 0 saturated carbocycles. The van der Waals surface area contributed by atoms with Crippen LogP contribution in [-0.2, 0) is 37.0 Å². The number of ether oxygens (including phenoxy) is 3. The largest absolute Gasteiger partial charge is 0.467 e. The highest BCUT2D eigenvalue weighted by Crippen LogP contribution is 2.09. The van der Waals surface area contributed by atoms with E-state index in [-0.39, 0.29) is 19.6 Å². The zero-order valence-corrected chi connectivity index (χ0v) is 17.5. The number of amides is 1. The highest BCUT2D eigenvalue weighted by molar-refractivity contribution is 5.81. The molecule has 0 saturated heterocycles. The molecule has 31 heavy (non-hydrogen) atoms. The molecular weight excluding hydrogens is 400 g/mol. The Labute approximate surface area is 181 Å². The number of hydrogen-bond donors (Lipinski definition) is 2. The summed E-state index contributed by atoms with van der Waals surface area (Å²) in [5, 5.41) is 2.49. The molecule has 2 rings (SSSR count). The van der Waals surface area contributed by atoms with Gasteiger partial charge in [0, 0.05) is 0 Å². The van der Waals surface area contributed by atoms with Crippen molar-refractivity contribution in [1.29, 1.82) is 0 Å². The third-order valence-electron chi connectivity index (χ3n) is 4.53. The Balaban J connectivity index is 1.74. The molecular formula is C23H28N2O6. The Morgan fingerprint density at radius 2 is 1.39 bits per heavy atom. The average molecular weight is 428 g/mol. The molecule has 2 aromatic rings. The normalized spacial score (nSPS) is 12.3. The lowest BCUT2D eigenvalue weighted by Crippen LogP contribution is -2.42. The fourth-order valence-electron chi connectivity index (χ4n) is 2.79. The fraction of sp³-hybridized carbons (Fsp3) is 0.348. The Kier molecular flexibility index (Phi) is 10.0. The van der Waals surface area contributed by atoms with Gasteiger partial charge in [-0.2, -0.15) is 0 Å². The van der Waals surface area contributed by atoms with E-state index in [2.05, 4.69) is 5.32 Å². The van der Waals surface area contributed by atoms with Gasteiger partial charge in [0.05, 0.1) is 7.11 Å². The summed E-state index contributed by atoms with van der Waals surface area (Å²) in [7, 11) is 1.24. The SMILES string of the molecule is COC(=O)[C@H](CCCC(N)C(=O)OCc1ccccc1)NC(=O)OCc1ccccc1. The second kappa shape index (κ2) is 13.0. The molecule has 3 N–H and O–H groups in total. The second-order valence-corrected chi connectivity index (χ2v) is 6.91. The number of nitrogens with one attached hydrogen (secondary N) is 1. The molecule has 0 bridgehead atoms. The summed E-state index contributed by atoms with van der Waals surface area (Å²) in [6.45, 7) is 0.228. The zero-order valence-electron chi connectivity index (χ0n) is 17.5. The van der Waals surface area contributed by atoms with E-state index in [0.717, 1.165) is 11.1 Å². The van der Waals surface area contributed by atoms with Gasteiger partial charge in [-0.25, -0.2) is 9.59 Å². The minimum atomic E-state index is -0.902. The van der Waals surface area contributed by atoms with Crippen molar-refractivity contribution >= 4 is 18.0 Å². The Hall–Kier alpha value is -3.39. The van der Waals surface area contributed by atoms with Gasteiger partial charge >= 0.3 is 18.0 Å². The standard InChI is InChI=1S/C23H28N2O6/c1-29-22(27)20(25-23(28)31-16-18-11-6-3-7-12-18)14-8-13-19(24)21(26)30-15-17-9-4-2-5-10-17/h2-7,9-12,19-20H,8,13-16,24H2,1H3,(H,25,28)/t19?,20-/m0/s1. The molecule has 0 spiro atoms. The molecule has 1 amide bonds. The Bertz CT molecular complexity index is 828. The van der Waals surface area contributed by atoms with Gasteiger partial charge in [0.2, 0.25) is 0 Å². The van der Waals surface area contributed by atoms with Crippen LogP contribution < -0.4 is 11.1 Å². The molecule has 0 fully saturated rings. The van der Waals surface area contributed by atoms with Gasteiger partial charge in [0.1, 0.15) is 25.3 Å². The fourth-order valence-corrected chi connectivity index (χ4v) is 2.79. The maximum absolute atomic E-state index is 12.1. The average Bonchev–Trinajstić information content (AvgIpc) is 2.81. The maximum atomic E-state index is 12.1. The molecule has 0 heterocycles. The van der Waals surface area contributed by atoms with E-state index in [1.807, 2.05) is 60.7 Å². The van der Waals surface area contributed by atoms with Crippen LogP contribution in [0.5, 0.6) is 0 Å². The van der Waals surface area contributed by atoms with Crippen LogP contribution in [0, 0.1) is 0 Å². The van der Waals surface area contributed by atoms with Crippen LogP contribution in [0.25, 0.3) is 0 Å². The van der Waals surface area contributed by atoms with E-state index in [1.165, 1.54) is 7.11 Å². The van der Waals surface area contributed by atoms with Crippen LogP contribution in [0.1, 0.15) is 30.4 Å². The number of carbonyl (C=O) groups excluding carboxylic acids is 3. The van der Waals surface area contributed by atoms with Gasteiger partial charge in [0.15, 0.2) is 0 Å². The maximum Gasteiger partial charge on any atom is 0.408 e. The van der Waals surface area contributed by atoms with E-state index in [4.69, 9.17) is 19.9 Å². The van der Waals surface area contributed by atoms with Crippen molar-refractivity contribution in [3.8, 4) is 0 Å². The summed E-state index contributed by atoms with van der Waals surface area (Å²) in [6.07, 6.45) is 0.209. The van der Waals surface area contributed by atoms with Gasteiger partial charge in [-0.05, 0) is 30.4 Å². The van der Waals surface area contributed by atoms with Crippen LogP contribution in [0.3, 0.4) is 0 Å². The van der Waals surface area contributed by atoms with Crippen LogP contribution in [0.4, 0.5) is 4.79 Å². The Morgan fingerprint density at radius 1 is 0.839 bits per heavy atom. The van der Waals surface area contributed by atoms with Crippen molar-refractivity contribution in [2.75, 3.05) is 7.11 Å². The molecule has 8 nitrogen and oxygen atoms in total. The van der Waals surface area contributed by atoms with Crippen molar-refractivity contribution in [3.63, 3.8) is 0 Å². The number of rotatable bonds is 11. The van der Waals surface area contributed by atoms with Crippen molar-refractivity contribution in [2.45, 2.75) is 44.6 Å². The second-order valence-electron chi connectivity index (χ2n) is 6.91. The molecule has 2 aromatic carbocycles. The van der Waals surface area contributed by atoms with E-state index in [1.54, 1.807) is 0 Å². The first-order valence-electron chi connectivity index (χ1n) is 10.0. The summed E-state index contributed by atoms with van der Waals surface area (Å²) in [5.41, 5.74) is 7.58. The van der Waals surface area contributed by atoms with Crippen LogP contribution >= 0.6 is 0 Å². The first kappa shape index (κ1) is 23.9. The van der Waals surface area contributed by atoms with Gasteiger partial charge in [-0.3, -0.25) is 4.79 Å². The summed E-state index contributed by atoms with van der Waals surface area (Å²) in [4.78, 5) is 36.1. The lowest BCUT2D eigenvalue weighted by Gasteiger charge is -2.17. The zero-order chi connectivity index (χ0) is 22.5. The first-order valence-corrected chi connectivity index (χ1v) is 10.0. The van der Waals surface area contributed by atoms with Gasteiger partial charge in [-0.1, -0.05) is 60.7 Å². The van der Waals surface area contributed by atoms with Crippen LogP contribution in [0.2, 0.25) is 0 Å². The summed E-state index contributed by atoms with van der Waals surface area (Å²) in [6, 6.07) is 16.7. The summed E-state index contributed by atoms with van der Waals surface area (Å²) in [5.74, 6) is -1.12. The highest BCUT2D eigenvalue weighted by atomic mass is 16.6. The lowest BCUT2D eigenvalue weighted by atomic mass is 10.1. The predicted molar refractivity (Wildman–Crippen MR) is 114 cm³/mol. The van der Waals surface area contributed by atoms with Crippen molar-refractivity contribution in [3.05, 3.63) is 71.8 Å². The van der Waals surface area contributed by atoms with Crippen LogP contribution in [0.15, 0.2) is 60.7 Å². The molecule has 2 atom stereocenters. The summed E-state index contributed by atoms with van der Waals surface area (Å²) >= 11 is 0. The predicted octanol–water partition coefficient (Wildman–Crippen LogP) is 2.70. The van der Waals surface area contributed by atoms with Crippen LogP contribution in [-0.4, -0.2) is 37.2 Å². The number of alkyl carbamates (subject to hydrolysis) is 1. The summed E-state index contributed by atoms with van der Waals surface area (Å²) < 4.78 is 15.1. The first-order chi connectivity index (χ1) is 15.0. The topological polar surface area (TPSA) is 117 Å². The van der Waals surface area contributed by atoms with E-state index < -0.39 is 30.1 Å². The smallest absolute Gasteiger partial charge is 0.408 e. The van der Waals surface area contributed by atoms with Crippen molar-refractivity contribution < 1.29 is 28.6 Å². The quantitative estimate of drug-likeness (QED) is 0.417. The number of hydrogen-bond acceptors (Lipinski definition) is 7. The van der Waals surface area contributed by atoms with Gasteiger partial charge < -0.3 is 25.3 Å². The van der Waals surface area contributed by atoms with E-state index >= 15 is 0 Å². The monoisotopic (exact) mass is 428 g/mol.